The highest BCUT2D eigenvalue weighted by atomic mass is 19.1. The summed E-state index contributed by atoms with van der Waals surface area (Å²) in [5.74, 6) is -1.18. The summed E-state index contributed by atoms with van der Waals surface area (Å²) >= 11 is 0. The van der Waals surface area contributed by atoms with Gasteiger partial charge in [0.15, 0.2) is 0 Å². The van der Waals surface area contributed by atoms with Crippen LogP contribution in [0.4, 0.5) is 15.8 Å². The Morgan fingerprint density at radius 2 is 1.89 bits per heavy atom. The zero-order valence-corrected chi connectivity index (χ0v) is 10.1. The molecule has 2 aromatic rings. The number of anilines is 2. The number of carboxylic acids is 1. The predicted octanol–water partition coefficient (Wildman–Crippen LogP) is 3.22. The molecule has 0 unspecified atom stereocenters. The summed E-state index contributed by atoms with van der Waals surface area (Å²) in [6.07, 6.45) is 0.690. The molecule has 1 N–H and O–H groups in total. The van der Waals surface area contributed by atoms with E-state index in [0.717, 1.165) is 16.9 Å². The van der Waals surface area contributed by atoms with Gasteiger partial charge in [0.2, 0.25) is 0 Å². The van der Waals surface area contributed by atoms with Crippen LogP contribution in [0, 0.1) is 5.82 Å². The fourth-order valence-electron chi connectivity index (χ4n) is 2.52. The zero-order chi connectivity index (χ0) is 13.4. The predicted molar refractivity (Wildman–Crippen MR) is 70.5 cm³/mol. The van der Waals surface area contributed by atoms with Crippen LogP contribution in [0.15, 0.2) is 42.5 Å². The van der Waals surface area contributed by atoms with Crippen LogP contribution in [-0.4, -0.2) is 17.6 Å². The fourth-order valence-corrected chi connectivity index (χ4v) is 2.52. The Balaban J connectivity index is 2.05. The molecule has 0 saturated carbocycles. The van der Waals surface area contributed by atoms with Crippen molar-refractivity contribution in [2.75, 3.05) is 11.4 Å². The van der Waals surface area contributed by atoms with Crippen molar-refractivity contribution in [1.29, 1.82) is 0 Å². The zero-order valence-electron chi connectivity index (χ0n) is 10.1. The second kappa shape index (κ2) is 4.39. The van der Waals surface area contributed by atoms with Crippen LogP contribution < -0.4 is 4.90 Å². The monoisotopic (exact) mass is 257 g/mol. The van der Waals surface area contributed by atoms with Gasteiger partial charge in [0.25, 0.3) is 0 Å². The highest BCUT2D eigenvalue weighted by molar-refractivity contribution is 5.92. The lowest BCUT2D eigenvalue weighted by Crippen LogP contribution is -2.12. The molecule has 19 heavy (non-hydrogen) atoms. The van der Waals surface area contributed by atoms with Gasteiger partial charge < -0.3 is 10.0 Å². The second-order valence-electron chi connectivity index (χ2n) is 4.49. The Hall–Kier alpha value is -2.36. The number of nitrogens with zero attached hydrogens (tertiary/aromatic N) is 1. The maximum absolute atomic E-state index is 12.9. The molecule has 0 amide bonds. The molecule has 0 atom stereocenters. The first-order valence-electron chi connectivity index (χ1n) is 6.05. The van der Waals surface area contributed by atoms with Crippen LogP contribution >= 0.6 is 0 Å². The first kappa shape index (κ1) is 11.7. The topological polar surface area (TPSA) is 40.5 Å². The van der Waals surface area contributed by atoms with Crippen molar-refractivity contribution >= 4 is 17.3 Å². The van der Waals surface area contributed by atoms with Gasteiger partial charge in [-0.2, -0.15) is 0 Å². The van der Waals surface area contributed by atoms with Crippen molar-refractivity contribution < 1.29 is 14.3 Å². The number of aromatic carboxylic acids is 1. The van der Waals surface area contributed by atoms with Gasteiger partial charge in [0.1, 0.15) is 5.82 Å². The van der Waals surface area contributed by atoms with Crippen molar-refractivity contribution in [3.8, 4) is 0 Å². The van der Waals surface area contributed by atoms with Gasteiger partial charge >= 0.3 is 5.97 Å². The van der Waals surface area contributed by atoms with E-state index in [1.54, 1.807) is 24.3 Å². The third-order valence-electron chi connectivity index (χ3n) is 3.40. The molecule has 0 spiro atoms. The molecular weight excluding hydrogens is 245 g/mol. The molecule has 0 saturated heterocycles. The SMILES string of the molecule is O=C(O)c1cccc2c1CCN2c1ccc(F)cc1. The Morgan fingerprint density at radius 1 is 1.16 bits per heavy atom. The summed E-state index contributed by atoms with van der Waals surface area (Å²) in [6.45, 7) is 0.714. The standard InChI is InChI=1S/C15H12FNO2/c16-10-4-6-11(7-5-10)17-9-8-12-13(15(18)19)2-1-3-14(12)17/h1-7H,8-9H2,(H,18,19). The number of fused-ring (bicyclic) bond motifs is 1. The molecule has 0 aromatic heterocycles. The Morgan fingerprint density at radius 3 is 2.58 bits per heavy atom. The average Bonchev–Trinajstić information content (AvgIpc) is 2.83. The van der Waals surface area contributed by atoms with Crippen molar-refractivity contribution in [2.45, 2.75) is 6.42 Å². The van der Waals surface area contributed by atoms with Gasteiger partial charge in [-0.05, 0) is 48.4 Å². The van der Waals surface area contributed by atoms with E-state index in [2.05, 4.69) is 0 Å². The highest BCUT2D eigenvalue weighted by Gasteiger charge is 2.24. The molecule has 2 aromatic carbocycles. The third kappa shape index (κ3) is 1.95. The molecule has 4 heteroatoms. The highest BCUT2D eigenvalue weighted by Crippen LogP contribution is 2.36. The Bertz CT molecular complexity index is 637. The normalized spacial score (nSPS) is 13.4. The molecule has 3 nitrogen and oxygen atoms in total. The maximum atomic E-state index is 12.9. The molecule has 96 valence electrons. The molecule has 1 heterocycles. The summed E-state index contributed by atoms with van der Waals surface area (Å²) in [5, 5.41) is 9.17. The summed E-state index contributed by atoms with van der Waals surface area (Å²) in [4.78, 5) is 13.2. The van der Waals surface area contributed by atoms with E-state index in [1.807, 2.05) is 11.0 Å². The number of rotatable bonds is 2. The molecule has 0 aliphatic carbocycles. The van der Waals surface area contributed by atoms with Crippen molar-refractivity contribution in [1.82, 2.24) is 0 Å². The van der Waals surface area contributed by atoms with Gasteiger partial charge in [-0.3, -0.25) is 0 Å². The average molecular weight is 257 g/mol. The summed E-state index contributed by atoms with van der Waals surface area (Å²) in [6, 6.07) is 11.5. The van der Waals surface area contributed by atoms with Crippen LogP contribution in [0.1, 0.15) is 15.9 Å². The van der Waals surface area contributed by atoms with E-state index in [0.29, 0.717) is 18.5 Å². The van der Waals surface area contributed by atoms with E-state index in [-0.39, 0.29) is 5.82 Å². The van der Waals surface area contributed by atoms with E-state index in [9.17, 15) is 14.3 Å². The number of benzene rings is 2. The summed E-state index contributed by atoms with van der Waals surface area (Å²) in [5.41, 5.74) is 2.97. The molecular formula is C15H12FNO2. The van der Waals surface area contributed by atoms with E-state index in [1.165, 1.54) is 12.1 Å². The lowest BCUT2D eigenvalue weighted by atomic mass is 10.1. The second-order valence-corrected chi connectivity index (χ2v) is 4.49. The third-order valence-corrected chi connectivity index (χ3v) is 3.40. The smallest absolute Gasteiger partial charge is 0.336 e. The molecule has 1 aliphatic heterocycles. The van der Waals surface area contributed by atoms with Crippen LogP contribution in [0.2, 0.25) is 0 Å². The number of hydrogen-bond donors (Lipinski definition) is 1. The van der Waals surface area contributed by atoms with Gasteiger partial charge in [0.05, 0.1) is 5.56 Å². The first-order valence-corrected chi connectivity index (χ1v) is 6.05. The number of halogens is 1. The van der Waals surface area contributed by atoms with Crippen molar-refractivity contribution in [3.63, 3.8) is 0 Å². The molecule has 0 radical (unpaired) electrons. The van der Waals surface area contributed by atoms with Crippen LogP contribution in [0.3, 0.4) is 0 Å². The summed E-state index contributed by atoms with van der Waals surface area (Å²) < 4.78 is 12.9. The lowest BCUT2D eigenvalue weighted by molar-refractivity contribution is 0.0696. The molecule has 0 fully saturated rings. The van der Waals surface area contributed by atoms with Crippen molar-refractivity contribution in [2.24, 2.45) is 0 Å². The van der Waals surface area contributed by atoms with E-state index in [4.69, 9.17) is 0 Å². The number of carbonyl (C=O) groups is 1. The minimum Gasteiger partial charge on any atom is -0.478 e. The van der Waals surface area contributed by atoms with Gasteiger partial charge in [-0.15, -0.1) is 0 Å². The van der Waals surface area contributed by atoms with E-state index >= 15 is 0 Å². The fraction of sp³-hybridized carbons (Fsp3) is 0.133. The minimum absolute atomic E-state index is 0.276. The maximum Gasteiger partial charge on any atom is 0.336 e. The first-order chi connectivity index (χ1) is 9.16. The summed E-state index contributed by atoms with van der Waals surface area (Å²) in [7, 11) is 0. The Labute approximate surface area is 109 Å². The van der Waals surface area contributed by atoms with E-state index < -0.39 is 5.97 Å². The molecule has 0 bridgehead atoms. The van der Waals surface area contributed by atoms with Crippen LogP contribution in [0.5, 0.6) is 0 Å². The molecule has 3 rings (SSSR count). The van der Waals surface area contributed by atoms with Gasteiger partial charge in [-0.25, -0.2) is 9.18 Å². The lowest BCUT2D eigenvalue weighted by Gasteiger charge is -2.19. The number of carboxylic acid groups (broad SMARTS) is 1. The quantitative estimate of drug-likeness (QED) is 0.898. The minimum atomic E-state index is -0.905. The largest absolute Gasteiger partial charge is 0.478 e. The van der Waals surface area contributed by atoms with Gasteiger partial charge in [0, 0.05) is 17.9 Å². The van der Waals surface area contributed by atoms with Crippen LogP contribution in [0.25, 0.3) is 0 Å². The molecule has 1 aliphatic rings. The van der Waals surface area contributed by atoms with Crippen molar-refractivity contribution in [3.05, 3.63) is 59.4 Å². The Kier molecular flexibility index (Phi) is 2.71. The van der Waals surface area contributed by atoms with Crippen LogP contribution in [-0.2, 0) is 6.42 Å². The van der Waals surface area contributed by atoms with Gasteiger partial charge in [-0.1, -0.05) is 6.07 Å². The number of hydrogen-bond acceptors (Lipinski definition) is 2.